The molecule has 4 N–H and O–H groups in total. The minimum Gasteiger partial charge on any atom is -0.368 e. The van der Waals surface area contributed by atoms with Crippen molar-refractivity contribution in [2.24, 2.45) is 5.73 Å². The summed E-state index contributed by atoms with van der Waals surface area (Å²) in [4.78, 5) is 24.5. The van der Waals surface area contributed by atoms with Crippen LogP contribution in [-0.4, -0.2) is 44.5 Å². The Kier molecular flexibility index (Phi) is 4.69. The van der Waals surface area contributed by atoms with E-state index in [0.717, 1.165) is 22.6 Å². The Morgan fingerprint density at radius 1 is 1.24 bits per heavy atom. The SMILES string of the molecule is NC(=O)c1cc(-c2ccc(N3CCS(O)(O)CC3)cc2)sc1[N+](=O)[O-]. The normalized spacial score (nSPS) is 17.9. The quantitative estimate of drug-likeness (QED) is 0.550. The van der Waals surface area contributed by atoms with Crippen molar-refractivity contribution in [1.29, 1.82) is 0 Å². The lowest BCUT2D eigenvalue weighted by atomic mass is 10.1. The number of carbonyl (C=O) groups excluding carboxylic acids is 1. The maximum atomic E-state index is 11.4. The summed E-state index contributed by atoms with van der Waals surface area (Å²) < 4.78 is 19.3. The number of carbonyl (C=O) groups is 1. The lowest BCUT2D eigenvalue weighted by molar-refractivity contribution is -0.380. The van der Waals surface area contributed by atoms with Crippen molar-refractivity contribution in [3.05, 3.63) is 46.0 Å². The summed E-state index contributed by atoms with van der Waals surface area (Å²) in [6, 6.07) is 8.84. The van der Waals surface area contributed by atoms with Crippen LogP contribution in [0.3, 0.4) is 0 Å². The van der Waals surface area contributed by atoms with Crippen molar-refractivity contribution in [3.8, 4) is 10.4 Å². The fourth-order valence-corrected chi connectivity index (χ4v) is 4.87. The van der Waals surface area contributed by atoms with Gasteiger partial charge in [0.15, 0.2) is 0 Å². The first-order chi connectivity index (χ1) is 11.8. The first-order valence-corrected chi connectivity index (χ1v) is 10.1. The molecule has 0 spiro atoms. The van der Waals surface area contributed by atoms with Crippen LogP contribution in [0.1, 0.15) is 10.4 Å². The second kappa shape index (κ2) is 6.64. The van der Waals surface area contributed by atoms with Crippen molar-refractivity contribution >= 4 is 38.5 Å². The van der Waals surface area contributed by atoms with Crippen molar-refractivity contribution in [3.63, 3.8) is 0 Å². The molecule has 1 aliphatic rings. The molecule has 3 rings (SSSR count). The number of primary amides is 1. The van der Waals surface area contributed by atoms with Crippen molar-refractivity contribution in [1.82, 2.24) is 0 Å². The van der Waals surface area contributed by atoms with E-state index in [-0.39, 0.29) is 10.6 Å². The van der Waals surface area contributed by atoms with Gasteiger partial charge in [-0.25, -0.2) is 0 Å². The van der Waals surface area contributed by atoms with Gasteiger partial charge in [-0.15, -0.1) is 0 Å². The fourth-order valence-electron chi connectivity index (χ4n) is 2.66. The molecule has 0 atom stereocenters. The zero-order valence-corrected chi connectivity index (χ0v) is 14.8. The number of benzene rings is 1. The van der Waals surface area contributed by atoms with Gasteiger partial charge < -0.3 is 10.6 Å². The number of thiophene rings is 1. The molecular formula is C15H17N3O5S2. The lowest BCUT2D eigenvalue weighted by Gasteiger charge is -2.41. The topological polar surface area (TPSA) is 130 Å². The van der Waals surface area contributed by atoms with E-state index in [0.29, 0.717) is 29.5 Å². The van der Waals surface area contributed by atoms with E-state index >= 15 is 0 Å². The van der Waals surface area contributed by atoms with Crippen LogP contribution in [0.5, 0.6) is 0 Å². The lowest BCUT2D eigenvalue weighted by Crippen LogP contribution is -2.38. The molecule has 0 unspecified atom stereocenters. The number of amides is 1. The van der Waals surface area contributed by atoms with E-state index in [1.807, 2.05) is 24.3 Å². The number of nitrogens with two attached hydrogens (primary N) is 1. The number of anilines is 1. The Bertz CT molecular complexity index is 778. The third-order valence-electron chi connectivity index (χ3n) is 4.04. The standard InChI is InChI=1S/C15H17N3O5S2/c16-14(19)12-9-13(24-15(12)18(20)21)10-1-3-11(4-2-10)17-5-7-25(22,23)8-6-17/h1-4,9,22-23H,5-8H2,(H2,16,19). The summed E-state index contributed by atoms with van der Waals surface area (Å²) in [6.45, 7) is 1.13. The smallest absolute Gasteiger partial charge is 0.337 e. The minimum atomic E-state index is -2.44. The van der Waals surface area contributed by atoms with Gasteiger partial charge in [-0.3, -0.25) is 24.0 Å². The van der Waals surface area contributed by atoms with Crippen LogP contribution in [0.15, 0.2) is 30.3 Å². The molecule has 8 nitrogen and oxygen atoms in total. The number of hydrogen-bond acceptors (Lipinski definition) is 7. The molecule has 1 fully saturated rings. The summed E-state index contributed by atoms with van der Waals surface area (Å²) in [7, 11) is -2.44. The molecule has 1 aliphatic heterocycles. The number of hydrogen-bond donors (Lipinski definition) is 3. The van der Waals surface area contributed by atoms with Gasteiger partial charge in [0, 0.05) is 23.7 Å². The van der Waals surface area contributed by atoms with E-state index in [1.165, 1.54) is 6.07 Å². The zero-order valence-electron chi connectivity index (χ0n) is 13.1. The summed E-state index contributed by atoms with van der Waals surface area (Å²) in [5.74, 6) is -0.111. The number of nitrogens with zero attached hydrogens (tertiary/aromatic N) is 2. The van der Waals surface area contributed by atoms with Crippen molar-refractivity contribution < 1.29 is 18.8 Å². The summed E-state index contributed by atoms with van der Waals surface area (Å²) in [5.41, 5.74) is 6.82. The molecule has 0 bridgehead atoms. The highest BCUT2D eigenvalue weighted by atomic mass is 32.3. The average Bonchev–Trinajstić information content (AvgIpc) is 3.01. The second-order valence-corrected chi connectivity index (χ2v) is 9.15. The van der Waals surface area contributed by atoms with Gasteiger partial charge in [-0.1, -0.05) is 23.5 Å². The van der Waals surface area contributed by atoms with E-state index in [1.54, 1.807) is 0 Å². The van der Waals surface area contributed by atoms with E-state index in [2.05, 4.69) is 4.90 Å². The van der Waals surface area contributed by atoms with Crippen LogP contribution in [0.4, 0.5) is 10.7 Å². The van der Waals surface area contributed by atoms with Gasteiger partial charge >= 0.3 is 5.00 Å². The first-order valence-electron chi connectivity index (χ1n) is 7.44. The minimum absolute atomic E-state index is 0.0877. The second-order valence-electron chi connectivity index (χ2n) is 5.70. The average molecular weight is 383 g/mol. The highest BCUT2D eigenvalue weighted by molar-refractivity contribution is 8.24. The fraction of sp³-hybridized carbons (Fsp3) is 0.267. The third-order valence-corrected chi connectivity index (χ3v) is 6.85. The van der Waals surface area contributed by atoms with E-state index < -0.39 is 21.4 Å². The zero-order chi connectivity index (χ0) is 18.2. The Balaban J connectivity index is 1.82. The van der Waals surface area contributed by atoms with Crippen LogP contribution in [-0.2, 0) is 0 Å². The largest absolute Gasteiger partial charge is 0.368 e. The molecule has 1 amide bonds. The predicted molar refractivity (Wildman–Crippen MR) is 99.7 cm³/mol. The summed E-state index contributed by atoms with van der Waals surface area (Å²) in [5, 5.41) is 10.8. The van der Waals surface area contributed by atoms with Gasteiger partial charge in [0.2, 0.25) is 0 Å². The number of rotatable bonds is 4. The van der Waals surface area contributed by atoms with Gasteiger partial charge in [0.1, 0.15) is 5.56 Å². The molecule has 1 aromatic carbocycles. The monoisotopic (exact) mass is 383 g/mol. The molecule has 0 saturated carbocycles. The molecule has 1 saturated heterocycles. The molecular weight excluding hydrogens is 366 g/mol. The molecule has 0 aliphatic carbocycles. The Morgan fingerprint density at radius 2 is 1.84 bits per heavy atom. The molecule has 134 valence electrons. The molecule has 25 heavy (non-hydrogen) atoms. The highest BCUT2D eigenvalue weighted by Crippen LogP contribution is 2.42. The molecule has 1 aromatic heterocycles. The molecule has 2 aromatic rings. The maximum absolute atomic E-state index is 11.4. The first kappa shape index (κ1) is 17.7. The molecule has 0 radical (unpaired) electrons. The predicted octanol–water partition coefficient (Wildman–Crippen LogP) is 2.99. The van der Waals surface area contributed by atoms with Crippen LogP contribution in [0, 0.1) is 10.1 Å². The summed E-state index contributed by atoms with van der Waals surface area (Å²) >= 11 is 0.914. The van der Waals surface area contributed by atoms with Gasteiger partial charge in [0.05, 0.1) is 16.4 Å². The van der Waals surface area contributed by atoms with E-state index in [9.17, 15) is 24.0 Å². The van der Waals surface area contributed by atoms with Gasteiger partial charge in [-0.05, 0) is 23.8 Å². The Hall–Kier alpha value is -2.14. The van der Waals surface area contributed by atoms with Crippen LogP contribution >= 0.6 is 21.9 Å². The van der Waals surface area contributed by atoms with Gasteiger partial charge in [0.25, 0.3) is 5.91 Å². The van der Waals surface area contributed by atoms with Crippen LogP contribution in [0.2, 0.25) is 0 Å². The van der Waals surface area contributed by atoms with E-state index in [4.69, 9.17) is 5.73 Å². The Labute approximate surface area is 149 Å². The maximum Gasteiger partial charge on any atom is 0.337 e. The molecule has 2 heterocycles. The highest BCUT2D eigenvalue weighted by Gasteiger charge is 2.24. The van der Waals surface area contributed by atoms with Crippen molar-refractivity contribution in [2.75, 3.05) is 29.5 Å². The molecule has 10 heteroatoms. The number of nitro groups is 1. The van der Waals surface area contributed by atoms with Crippen molar-refractivity contribution in [2.45, 2.75) is 0 Å². The Morgan fingerprint density at radius 3 is 2.32 bits per heavy atom. The van der Waals surface area contributed by atoms with Crippen LogP contribution < -0.4 is 10.6 Å². The van der Waals surface area contributed by atoms with Crippen LogP contribution in [0.25, 0.3) is 10.4 Å². The van der Waals surface area contributed by atoms with Gasteiger partial charge in [-0.2, -0.15) is 10.6 Å². The summed E-state index contributed by atoms with van der Waals surface area (Å²) in [6.07, 6.45) is 0. The third kappa shape index (κ3) is 3.76.